The molecule has 0 saturated carbocycles. The smallest absolute Gasteiger partial charge is 0.0503 e. The first-order valence-corrected chi connectivity index (χ1v) is 11.2. The molecule has 2 heteroatoms. The maximum absolute atomic E-state index is 4.73. The third-order valence-corrected chi connectivity index (χ3v) is 6.85. The van der Waals surface area contributed by atoms with Gasteiger partial charge in [0.15, 0.2) is 0 Å². The number of rotatable bonds is 0. The lowest BCUT2D eigenvalue weighted by Crippen LogP contribution is -1.81. The van der Waals surface area contributed by atoms with E-state index in [9.17, 15) is 0 Å². The Morgan fingerprint density at radius 3 is 2.06 bits per heavy atom. The van der Waals surface area contributed by atoms with E-state index in [1.54, 1.807) is 0 Å². The highest BCUT2D eigenvalue weighted by atomic mass is 14.7. The van der Waals surface area contributed by atoms with E-state index in [0.29, 0.717) is 0 Å². The molecule has 0 saturated heterocycles. The number of nitrogens with one attached hydrogen (secondary N) is 1. The van der Waals surface area contributed by atoms with Crippen molar-refractivity contribution in [1.82, 2.24) is 9.97 Å². The fourth-order valence-corrected chi connectivity index (χ4v) is 5.36. The van der Waals surface area contributed by atoms with Crippen LogP contribution in [0.2, 0.25) is 0 Å². The van der Waals surface area contributed by atoms with Crippen LogP contribution in [-0.4, -0.2) is 4.98 Å². The van der Waals surface area contributed by atoms with E-state index in [1.807, 2.05) is 0 Å². The summed E-state index contributed by atoms with van der Waals surface area (Å²) in [6.45, 7) is 0. The van der Waals surface area contributed by atoms with Crippen molar-refractivity contribution < 1.29 is 0 Å². The average molecular weight is 410 g/mol. The molecule has 2 aromatic heterocycles. The molecule has 2 aliphatic rings. The number of hydrogen-bond donors (Lipinski definition) is 1. The molecule has 32 heavy (non-hydrogen) atoms. The molecular formula is C30H21N2-. The van der Waals surface area contributed by atoms with Crippen molar-refractivity contribution in [3.63, 3.8) is 0 Å². The van der Waals surface area contributed by atoms with E-state index >= 15 is 0 Å². The van der Waals surface area contributed by atoms with Crippen LogP contribution in [0.1, 0.15) is 22.3 Å². The standard InChI is InChI=1S/C15H11N.C15H10N/c2*1-2-6-11-10(5-1)9-13-12-7-3-4-8-14(12)16-15(11)13/h1-8,16H,9H2;1-8H,9H2/q;-1. The van der Waals surface area contributed by atoms with Crippen molar-refractivity contribution in [2.24, 2.45) is 0 Å². The molecule has 0 fully saturated rings. The summed E-state index contributed by atoms with van der Waals surface area (Å²) >= 11 is 0. The molecule has 1 N–H and O–H groups in total. The number of aromatic nitrogens is 2. The van der Waals surface area contributed by atoms with Gasteiger partial charge in [-0.1, -0.05) is 96.6 Å². The van der Waals surface area contributed by atoms with Crippen LogP contribution < -0.4 is 4.98 Å². The SMILES string of the molecule is c1ccc2c(c1)Cc1c-2[n-]c2ccccc12.c1ccc2c(c1)Cc1c-2[nH]c2ccccc12. The Kier molecular flexibility index (Phi) is 3.71. The zero-order valence-corrected chi connectivity index (χ0v) is 17.6. The van der Waals surface area contributed by atoms with Crippen molar-refractivity contribution in [2.75, 3.05) is 0 Å². The first-order valence-electron chi connectivity index (χ1n) is 11.2. The molecular weight excluding hydrogens is 388 g/mol. The molecule has 0 bridgehead atoms. The molecule has 0 radical (unpaired) electrons. The summed E-state index contributed by atoms with van der Waals surface area (Å²) < 4.78 is 0. The van der Waals surface area contributed by atoms with Gasteiger partial charge in [-0.05, 0) is 40.1 Å². The molecule has 152 valence electrons. The summed E-state index contributed by atoms with van der Waals surface area (Å²) in [7, 11) is 0. The van der Waals surface area contributed by atoms with Crippen molar-refractivity contribution >= 4 is 21.8 Å². The molecule has 0 amide bonds. The fraction of sp³-hybridized carbons (Fsp3) is 0.0667. The molecule has 4 aromatic carbocycles. The van der Waals surface area contributed by atoms with E-state index in [4.69, 9.17) is 4.98 Å². The van der Waals surface area contributed by atoms with Gasteiger partial charge < -0.3 is 9.97 Å². The number of para-hydroxylation sites is 2. The Labute approximate surface area is 186 Å². The van der Waals surface area contributed by atoms with Gasteiger partial charge in [-0.15, -0.1) is 11.2 Å². The van der Waals surface area contributed by atoms with Crippen LogP contribution in [-0.2, 0) is 12.8 Å². The van der Waals surface area contributed by atoms with Crippen LogP contribution in [0, 0.1) is 0 Å². The number of benzene rings is 4. The van der Waals surface area contributed by atoms with Crippen LogP contribution in [0.15, 0.2) is 97.1 Å². The Bertz CT molecular complexity index is 1510. The Morgan fingerprint density at radius 2 is 1.19 bits per heavy atom. The topological polar surface area (TPSA) is 29.9 Å². The van der Waals surface area contributed by atoms with Gasteiger partial charge in [0.1, 0.15) is 0 Å². The summed E-state index contributed by atoms with van der Waals surface area (Å²) in [5.41, 5.74) is 13.3. The highest BCUT2D eigenvalue weighted by molar-refractivity contribution is 5.95. The fourth-order valence-electron chi connectivity index (χ4n) is 5.36. The van der Waals surface area contributed by atoms with Crippen molar-refractivity contribution in [1.29, 1.82) is 0 Å². The quantitative estimate of drug-likeness (QED) is 0.284. The molecule has 0 unspecified atom stereocenters. The normalized spacial score (nSPS) is 12.8. The summed E-state index contributed by atoms with van der Waals surface area (Å²) in [6.07, 6.45) is 2.10. The molecule has 0 atom stereocenters. The second kappa shape index (κ2) is 6.73. The summed E-state index contributed by atoms with van der Waals surface area (Å²) in [5, 5.41) is 2.68. The van der Waals surface area contributed by atoms with Gasteiger partial charge in [0.05, 0.1) is 5.69 Å². The molecule has 6 aromatic rings. The highest BCUT2D eigenvalue weighted by Gasteiger charge is 2.21. The number of fused-ring (bicyclic) bond motifs is 10. The van der Waals surface area contributed by atoms with Gasteiger partial charge >= 0.3 is 0 Å². The first-order chi connectivity index (χ1) is 15.9. The van der Waals surface area contributed by atoms with E-state index in [2.05, 4.69) is 102 Å². The number of hydrogen-bond acceptors (Lipinski definition) is 0. The monoisotopic (exact) mass is 409 g/mol. The molecule has 2 aliphatic carbocycles. The summed E-state index contributed by atoms with van der Waals surface area (Å²) in [6, 6.07) is 34.2. The zero-order chi connectivity index (χ0) is 21.1. The van der Waals surface area contributed by atoms with Crippen molar-refractivity contribution in [2.45, 2.75) is 12.8 Å². The van der Waals surface area contributed by atoms with Crippen LogP contribution in [0.25, 0.3) is 44.3 Å². The number of H-pyrrole nitrogens is 1. The summed E-state index contributed by atoms with van der Waals surface area (Å²) in [5.74, 6) is 0. The molecule has 2 nitrogen and oxygen atoms in total. The zero-order valence-electron chi connectivity index (χ0n) is 17.6. The highest BCUT2D eigenvalue weighted by Crippen LogP contribution is 2.40. The molecule has 0 spiro atoms. The predicted octanol–water partition coefficient (Wildman–Crippen LogP) is 7.11. The van der Waals surface area contributed by atoms with Crippen molar-refractivity contribution in [3.8, 4) is 22.5 Å². The Hall–Kier alpha value is -4.04. The van der Waals surface area contributed by atoms with Gasteiger partial charge in [-0.3, -0.25) is 0 Å². The van der Waals surface area contributed by atoms with E-state index in [0.717, 1.165) is 18.4 Å². The maximum atomic E-state index is 4.73. The van der Waals surface area contributed by atoms with Crippen LogP contribution in [0.5, 0.6) is 0 Å². The average Bonchev–Trinajstić information content (AvgIpc) is 3.57. The van der Waals surface area contributed by atoms with Gasteiger partial charge in [0.25, 0.3) is 0 Å². The lowest BCUT2D eigenvalue weighted by atomic mass is 10.1. The van der Waals surface area contributed by atoms with Crippen LogP contribution in [0.4, 0.5) is 0 Å². The first kappa shape index (κ1) is 17.6. The van der Waals surface area contributed by atoms with Gasteiger partial charge in [-0.2, -0.15) is 0 Å². The lowest BCUT2D eigenvalue weighted by Gasteiger charge is -2.06. The van der Waals surface area contributed by atoms with Crippen molar-refractivity contribution in [3.05, 3.63) is 119 Å². The maximum Gasteiger partial charge on any atom is 0.0503 e. The predicted molar refractivity (Wildman–Crippen MR) is 132 cm³/mol. The van der Waals surface area contributed by atoms with Gasteiger partial charge in [-0.25, -0.2) is 0 Å². The largest absolute Gasteiger partial charge is 0.657 e. The lowest BCUT2D eigenvalue weighted by molar-refractivity contribution is 1.29. The number of nitrogens with zero attached hydrogens (tertiary/aromatic N) is 1. The minimum absolute atomic E-state index is 1.03. The van der Waals surface area contributed by atoms with Crippen LogP contribution in [0.3, 0.4) is 0 Å². The van der Waals surface area contributed by atoms with E-state index in [-0.39, 0.29) is 0 Å². The minimum Gasteiger partial charge on any atom is -0.657 e. The third-order valence-electron chi connectivity index (χ3n) is 6.85. The van der Waals surface area contributed by atoms with E-state index < -0.39 is 0 Å². The van der Waals surface area contributed by atoms with Gasteiger partial charge in [0, 0.05) is 22.9 Å². The molecule has 0 aliphatic heterocycles. The third kappa shape index (κ3) is 2.53. The minimum atomic E-state index is 1.03. The van der Waals surface area contributed by atoms with Crippen LogP contribution >= 0.6 is 0 Å². The molecule has 8 rings (SSSR count). The Morgan fingerprint density at radius 1 is 0.562 bits per heavy atom. The number of aromatic amines is 1. The second-order valence-electron chi connectivity index (χ2n) is 8.65. The summed E-state index contributed by atoms with van der Waals surface area (Å²) in [4.78, 5) is 8.27. The second-order valence-corrected chi connectivity index (χ2v) is 8.65. The Balaban J connectivity index is 0.000000113. The van der Waals surface area contributed by atoms with E-state index in [1.165, 1.54) is 61.1 Å². The van der Waals surface area contributed by atoms with Gasteiger partial charge in [0.2, 0.25) is 0 Å². The molecule has 2 heterocycles.